The van der Waals surface area contributed by atoms with Crippen molar-refractivity contribution in [2.75, 3.05) is 6.54 Å². The van der Waals surface area contributed by atoms with Gasteiger partial charge in [0.2, 0.25) is 0 Å². The molecular weight excluding hydrogens is 300 g/mol. The Bertz CT molecular complexity index is 830. The molecular formula is C19H22N4O. The lowest BCUT2D eigenvalue weighted by Gasteiger charge is -2.11. The molecule has 0 aliphatic carbocycles. The number of nitrogens with zero attached hydrogens (tertiary/aromatic N) is 3. The van der Waals surface area contributed by atoms with Crippen LogP contribution < -0.4 is 5.73 Å². The van der Waals surface area contributed by atoms with Crippen molar-refractivity contribution in [3.63, 3.8) is 0 Å². The zero-order valence-electron chi connectivity index (χ0n) is 13.9. The van der Waals surface area contributed by atoms with E-state index in [1.165, 1.54) is 5.57 Å². The summed E-state index contributed by atoms with van der Waals surface area (Å²) in [4.78, 5) is 9.00. The quantitative estimate of drug-likeness (QED) is 0.858. The first-order chi connectivity index (χ1) is 11.5. The third-order valence-corrected chi connectivity index (χ3v) is 4.18. The molecule has 2 heterocycles. The lowest BCUT2D eigenvalue weighted by molar-refractivity contribution is 0.474. The summed E-state index contributed by atoms with van der Waals surface area (Å²) in [5, 5.41) is 9.65. The molecule has 1 aromatic carbocycles. The van der Waals surface area contributed by atoms with Crippen LogP contribution in [-0.4, -0.2) is 26.9 Å². The molecule has 3 N–H and O–H groups in total. The summed E-state index contributed by atoms with van der Waals surface area (Å²) < 4.78 is 2.07. The molecule has 5 nitrogen and oxygen atoms in total. The summed E-state index contributed by atoms with van der Waals surface area (Å²) in [5.74, 6) is 0.264. The van der Waals surface area contributed by atoms with E-state index < -0.39 is 0 Å². The molecule has 0 bridgehead atoms. The van der Waals surface area contributed by atoms with Gasteiger partial charge in [0.15, 0.2) is 0 Å². The smallest absolute Gasteiger partial charge is 0.115 e. The number of imidazole rings is 1. The van der Waals surface area contributed by atoms with Crippen LogP contribution in [0.5, 0.6) is 5.75 Å². The zero-order chi connectivity index (χ0) is 17.1. The molecule has 1 aliphatic rings. The average molecular weight is 322 g/mol. The van der Waals surface area contributed by atoms with Crippen LogP contribution in [0.1, 0.15) is 23.9 Å². The lowest BCUT2D eigenvalue weighted by atomic mass is 10.0. The van der Waals surface area contributed by atoms with Gasteiger partial charge in [-0.25, -0.2) is 4.98 Å². The maximum atomic E-state index is 9.65. The monoisotopic (exact) mass is 322 g/mol. The number of aliphatic imine (C=N–C) groups is 1. The van der Waals surface area contributed by atoms with E-state index in [2.05, 4.69) is 27.2 Å². The normalized spacial score (nSPS) is 13.7. The Balaban J connectivity index is 1.89. The van der Waals surface area contributed by atoms with Crippen molar-refractivity contribution in [3.8, 4) is 5.75 Å². The highest BCUT2D eigenvalue weighted by Gasteiger charge is 2.16. The van der Waals surface area contributed by atoms with Crippen molar-refractivity contribution in [3.05, 3.63) is 71.5 Å². The zero-order valence-corrected chi connectivity index (χ0v) is 13.9. The molecule has 124 valence electrons. The van der Waals surface area contributed by atoms with Crippen molar-refractivity contribution in [2.24, 2.45) is 10.7 Å². The Kier molecular flexibility index (Phi) is 4.51. The van der Waals surface area contributed by atoms with E-state index in [0.717, 1.165) is 35.6 Å². The van der Waals surface area contributed by atoms with Crippen LogP contribution in [0.4, 0.5) is 0 Å². The molecule has 0 fully saturated rings. The summed E-state index contributed by atoms with van der Waals surface area (Å²) in [6.07, 6.45) is 5.31. The second kappa shape index (κ2) is 6.74. The van der Waals surface area contributed by atoms with E-state index in [-0.39, 0.29) is 5.75 Å². The molecule has 3 rings (SSSR count). The molecule has 0 saturated heterocycles. The minimum atomic E-state index is 0.264. The van der Waals surface area contributed by atoms with Crippen LogP contribution in [0, 0.1) is 0 Å². The standard InChI is InChI=1S/C19H22N4O/c1-13(20)8-19-18(10-16-6-7-21-14(16)2)22-12-23(19)11-15-4-3-5-17(24)9-15/h3-6,9,12,24H,1,7-8,10-11,20H2,2H3. The molecule has 24 heavy (non-hydrogen) atoms. The molecule has 0 amide bonds. The van der Waals surface area contributed by atoms with Gasteiger partial charge in [-0.05, 0) is 30.2 Å². The first-order valence-electron chi connectivity index (χ1n) is 7.97. The Morgan fingerprint density at radius 3 is 2.92 bits per heavy atom. The molecule has 1 aliphatic heterocycles. The lowest BCUT2D eigenvalue weighted by Crippen LogP contribution is -2.10. The number of benzene rings is 1. The van der Waals surface area contributed by atoms with E-state index in [0.29, 0.717) is 18.7 Å². The minimum Gasteiger partial charge on any atom is -0.508 e. The second-order valence-electron chi connectivity index (χ2n) is 6.10. The third kappa shape index (κ3) is 3.56. The summed E-state index contributed by atoms with van der Waals surface area (Å²) in [7, 11) is 0. The number of hydrogen-bond acceptors (Lipinski definition) is 4. The van der Waals surface area contributed by atoms with Crippen LogP contribution in [0.2, 0.25) is 0 Å². The number of allylic oxidation sites excluding steroid dienone is 2. The fraction of sp³-hybridized carbons (Fsp3) is 0.263. The van der Waals surface area contributed by atoms with Gasteiger partial charge in [-0.15, -0.1) is 0 Å². The molecule has 2 aromatic rings. The first kappa shape index (κ1) is 16.1. The van der Waals surface area contributed by atoms with E-state index in [1.54, 1.807) is 12.1 Å². The Labute approximate surface area is 141 Å². The van der Waals surface area contributed by atoms with Crippen molar-refractivity contribution in [1.29, 1.82) is 0 Å². The van der Waals surface area contributed by atoms with Gasteiger partial charge < -0.3 is 15.4 Å². The molecule has 1 aromatic heterocycles. The van der Waals surface area contributed by atoms with Crippen molar-refractivity contribution in [1.82, 2.24) is 9.55 Å². The second-order valence-corrected chi connectivity index (χ2v) is 6.10. The Morgan fingerprint density at radius 2 is 2.25 bits per heavy atom. The maximum Gasteiger partial charge on any atom is 0.115 e. The van der Waals surface area contributed by atoms with Crippen molar-refractivity contribution in [2.45, 2.75) is 26.3 Å². The topological polar surface area (TPSA) is 76.4 Å². The molecule has 0 saturated carbocycles. The summed E-state index contributed by atoms with van der Waals surface area (Å²) in [6, 6.07) is 7.25. The number of aromatic hydroxyl groups is 1. The number of nitrogens with two attached hydrogens (primary N) is 1. The molecule has 0 radical (unpaired) electrons. The van der Waals surface area contributed by atoms with Gasteiger partial charge in [-0.1, -0.05) is 24.8 Å². The SMILES string of the molecule is C=C(N)Cc1c(CC2=CCN=C2C)ncn1Cc1cccc(O)c1. The Hall–Kier alpha value is -2.82. The minimum absolute atomic E-state index is 0.264. The molecule has 0 atom stereocenters. The van der Waals surface area contributed by atoms with Gasteiger partial charge >= 0.3 is 0 Å². The molecule has 0 spiro atoms. The average Bonchev–Trinajstić information content (AvgIpc) is 3.08. The highest BCUT2D eigenvalue weighted by molar-refractivity contribution is 6.00. The van der Waals surface area contributed by atoms with Crippen molar-refractivity contribution >= 4 is 5.71 Å². The van der Waals surface area contributed by atoms with Gasteiger partial charge in [-0.2, -0.15) is 0 Å². The van der Waals surface area contributed by atoms with E-state index in [9.17, 15) is 5.11 Å². The fourth-order valence-corrected chi connectivity index (χ4v) is 2.93. The van der Waals surface area contributed by atoms with Crippen LogP contribution in [0.3, 0.4) is 0 Å². The summed E-state index contributed by atoms with van der Waals surface area (Å²) in [6.45, 7) is 7.26. The van der Waals surface area contributed by atoms with Crippen LogP contribution in [-0.2, 0) is 19.4 Å². The summed E-state index contributed by atoms with van der Waals surface area (Å²) >= 11 is 0. The van der Waals surface area contributed by atoms with E-state index >= 15 is 0 Å². The maximum absolute atomic E-state index is 9.65. The van der Waals surface area contributed by atoms with E-state index in [1.807, 2.05) is 25.4 Å². The Morgan fingerprint density at radius 1 is 1.42 bits per heavy atom. The van der Waals surface area contributed by atoms with Crippen LogP contribution in [0.25, 0.3) is 0 Å². The largest absolute Gasteiger partial charge is 0.508 e. The predicted octanol–water partition coefficient (Wildman–Crippen LogP) is 2.60. The van der Waals surface area contributed by atoms with Gasteiger partial charge in [-0.3, -0.25) is 4.99 Å². The molecule has 5 heteroatoms. The highest BCUT2D eigenvalue weighted by atomic mass is 16.3. The number of phenols is 1. The summed E-state index contributed by atoms with van der Waals surface area (Å²) in [5.41, 5.74) is 11.9. The predicted molar refractivity (Wildman–Crippen MR) is 96.2 cm³/mol. The number of rotatable bonds is 6. The van der Waals surface area contributed by atoms with E-state index in [4.69, 9.17) is 5.73 Å². The van der Waals surface area contributed by atoms with Crippen LogP contribution in [0.15, 0.2) is 59.5 Å². The highest BCUT2D eigenvalue weighted by Crippen LogP contribution is 2.20. The third-order valence-electron chi connectivity index (χ3n) is 4.18. The number of hydrogen-bond donors (Lipinski definition) is 2. The van der Waals surface area contributed by atoms with Gasteiger partial charge in [0.25, 0.3) is 0 Å². The van der Waals surface area contributed by atoms with Gasteiger partial charge in [0.1, 0.15) is 5.75 Å². The molecule has 0 unspecified atom stereocenters. The number of aromatic nitrogens is 2. The fourth-order valence-electron chi connectivity index (χ4n) is 2.93. The number of phenolic OH excluding ortho intramolecular Hbond substituents is 1. The van der Waals surface area contributed by atoms with Crippen molar-refractivity contribution < 1.29 is 5.11 Å². The van der Waals surface area contributed by atoms with Gasteiger partial charge in [0, 0.05) is 36.5 Å². The van der Waals surface area contributed by atoms with Crippen LogP contribution >= 0.6 is 0 Å². The van der Waals surface area contributed by atoms with Gasteiger partial charge in [0.05, 0.1) is 18.6 Å². The first-order valence-corrected chi connectivity index (χ1v) is 7.97.